The first kappa shape index (κ1) is 20.5. The maximum Gasteiger partial charge on any atom is 0.348 e. The second-order valence-corrected chi connectivity index (χ2v) is 8.52. The van der Waals surface area contributed by atoms with Gasteiger partial charge < -0.3 is 10.1 Å². The number of nitrogens with zero attached hydrogens (tertiary/aromatic N) is 2. The van der Waals surface area contributed by atoms with E-state index >= 15 is 0 Å². The summed E-state index contributed by atoms with van der Waals surface area (Å²) < 4.78 is 6.83. The van der Waals surface area contributed by atoms with E-state index in [1.807, 2.05) is 37.3 Å². The minimum Gasteiger partial charge on any atom is -0.451 e. The van der Waals surface area contributed by atoms with Gasteiger partial charge in [0.25, 0.3) is 5.91 Å². The number of thiophene rings is 1. The first-order valence-electron chi connectivity index (χ1n) is 8.98. The number of esters is 1. The number of hydrogen-bond donors (Lipinski definition) is 2. The van der Waals surface area contributed by atoms with Crippen molar-refractivity contribution in [3.63, 3.8) is 0 Å². The average molecular weight is 414 g/mol. The van der Waals surface area contributed by atoms with Crippen LogP contribution in [0.2, 0.25) is 0 Å². The molecule has 3 aromatic rings. The van der Waals surface area contributed by atoms with Crippen molar-refractivity contribution in [1.82, 2.24) is 20.4 Å². The van der Waals surface area contributed by atoms with Crippen LogP contribution < -0.4 is 10.6 Å². The number of aryl methyl sites for hydroxylation is 1. The van der Waals surface area contributed by atoms with E-state index in [1.54, 1.807) is 31.5 Å². The van der Waals surface area contributed by atoms with Gasteiger partial charge in [0.15, 0.2) is 6.61 Å². The van der Waals surface area contributed by atoms with Gasteiger partial charge in [-0.3, -0.25) is 10.1 Å². The molecule has 9 heteroatoms. The van der Waals surface area contributed by atoms with Gasteiger partial charge in [0, 0.05) is 10.9 Å². The molecule has 0 spiro atoms. The van der Waals surface area contributed by atoms with Crippen LogP contribution in [-0.2, 0) is 9.53 Å². The van der Waals surface area contributed by atoms with Crippen molar-refractivity contribution in [2.45, 2.75) is 33.2 Å². The van der Waals surface area contributed by atoms with E-state index in [0.29, 0.717) is 4.88 Å². The van der Waals surface area contributed by atoms with E-state index in [9.17, 15) is 14.4 Å². The third-order valence-corrected chi connectivity index (χ3v) is 4.91. The van der Waals surface area contributed by atoms with Crippen molar-refractivity contribution in [2.75, 3.05) is 6.61 Å². The molecule has 2 aromatic heterocycles. The Labute approximate surface area is 171 Å². The number of hydrogen-bond acceptors (Lipinski definition) is 6. The fourth-order valence-corrected chi connectivity index (χ4v) is 3.71. The number of carbonyl (C=O) groups is 3. The molecule has 2 heterocycles. The van der Waals surface area contributed by atoms with E-state index in [2.05, 4.69) is 15.7 Å². The maximum atomic E-state index is 12.4. The van der Waals surface area contributed by atoms with Gasteiger partial charge in [0.05, 0.1) is 11.4 Å². The van der Waals surface area contributed by atoms with Crippen LogP contribution in [0.15, 0.2) is 36.4 Å². The molecule has 3 rings (SSSR count). The van der Waals surface area contributed by atoms with Crippen LogP contribution in [0.4, 0.5) is 4.79 Å². The van der Waals surface area contributed by atoms with Gasteiger partial charge in [0.1, 0.15) is 9.71 Å². The summed E-state index contributed by atoms with van der Waals surface area (Å²) in [6.07, 6.45) is 0. The van der Waals surface area contributed by atoms with Crippen molar-refractivity contribution in [2.24, 2.45) is 0 Å². The van der Waals surface area contributed by atoms with Crippen LogP contribution in [0.1, 0.15) is 36.1 Å². The molecule has 0 aliphatic carbocycles. The number of rotatable bonds is 4. The van der Waals surface area contributed by atoms with Crippen LogP contribution in [0.25, 0.3) is 15.9 Å². The summed E-state index contributed by atoms with van der Waals surface area (Å²) in [4.78, 5) is 37.1. The lowest BCUT2D eigenvalue weighted by molar-refractivity contribution is -0.123. The van der Waals surface area contributed by atoms with E-state index < -0.39 is 30.1 Å². The highest BCUT2D eigenvalue weighted by molar-refractivity contribution is 7.20. The number of ether oxygens (including phenoxy) is 1. The second kappa shape index (κ2) is 8.04. The molecule has 8 nitrogen and oxygen atoms in total. The highest BCUT2D eigenvalue weighted by Crippen LogP contribution is 2.30. The minimum atomic E-state index is -0.701. The van der Waals surface area contributed by atoms with E-state index in [1.165, 1.54) is 11.3 Å². The zero-order chi connectivity index (χ0) is 21.2. The molecular formula is C20H22N4O4S. The first-order chi connectivity index (χ1) is 13.6. The Bertz CT molecular complexity index is 1060. The Balaban J connectivity index is 1.67. The summed E-state index contributed by atoms with van der Waals surface area (Å²) >= 11 is 1.24. The van der Waals surface area contributed by atoms with E-state index in [0.717, 1.165) is 21.6 Å². The highest BCUT2D eigenvalue weighted by atomic mass is 32.1. The summed E-state index contributed by atoms with van der Waals surface area (Å²) in [5.74, 6) is -1.33. The van der Waals surface area contributed by atoms with Crippen molar-refractivity contribution >= 4 is 39.5 Å². The lowest BCUT2D eigenvalue weighted by Gasteiger charge is -2.20. The second-order valence-electron chi connectivity index (χ2n) is 7.49. The largest absolute Gasteiger partial charge is 0.451 e. The molecule has 2 N–H and O–H groups in total. The molecule has 0 fully saturated rings. The predicted molar refractivity (Wildman–Crippen MR) is 110 cm³/mol. The van der Waals surface area contributed by atoms with Gasteiger partial charge in [0.2, 0.25) is 0 Å². The van der Waals surface area contributed by atoms with E-state index in [4.69, 9.17) is 4.74 Å². The quantitative estimate of drug-likeness (QED) is 0.639. The number of benzene rings is 1. The van der Waals surface area contributed by atoms with Gasteiger partial charge in [-0.1, -0.05) is 18.2 Å². The molecule has 0 saturated heterocycles. The van der Waals surface area contributed by atoms with Crippen LogP contribution >= 0.6 is 11.3 Å². The smallest absolute Gasteiger partial charge is 0.348 e. The molecule has 0 atom stereocenters. The van der Waals surface area contributed by atoms with Gasteiger partial charge in [-0.05, 0) is 45.9 Å². The summed E-state index contributed by atoms with van der Waals surface area (Å²) in [7, 11) is 0. The maximum absolute atomic E-state index is 12.4. The molecular weight excluding hydrogens is 392 g/mol. The first-order valence-corrected chi connectivity index (χ1v) is 9.79. The normalized spacial score (nSPS) is 11.3. The molecule has 3 amide bonds. The van der Waals surface area contributed by atoms with E-state index in [-0.39, 0.29) is 0 Å². The highest BCUT2D eigenvalue weighted by Gasteiger charge is 2.20. The molecule has 0 saturated carbocycles. The van der Waals surface area contributed by atoms with Crippen molar-refractivity contribution in [1.29, 1.82) is 0 Å². The van der Waals surface area contributed by atoms with Gasteiger partial charge in [-0.15, -0.1) is 11.3 Å². The monoisotopic (exact) mass is 414 g/mol. The molecule has 0 unspecified atom stereocenters. The third-order valence-electron chi connectivity index (χ3n) is 3.82. The zero-order valence-corrected chi connectivity index (χ0v) is 17.4. The van der Waals surface area contributed by atoms with Crippen LogP contribution in [0.3, 0.4) is 0 Å². The Hall–Kier alpha value is -3.20. The standard InChI is InChI=1S/C20H22N4O4S/c1-12-14-10-15(29-17(14)24(23-12)13-8-6-5-7-9-13)18(26)28-11-16(25)21-19(27)22-20(2,3)4/h5-10H,11H2,1-4H3,(H2,21,22,25,27). The fourth-order valence-electron chi connectivity index (χ4n) is 2.63. The summed E-state index contributed by atoms with van der Waals surface area (Å²) in [6, 6.07) is 10.7. The van der Waals surface area contributed by atoms with Crippen LogP contribution in [0, 0.1) is 6.92 Å². The van der Waals surface area contributed by atoms with Crippen LogP contribution in [0.5, 0.6) is 0 Å². The predicted octanol–water partition coefficient (Wildman–Crippen LogP) is 3.18. The fraction of sp³-hybridized carbons (Fsp3) is 0.300. The number of fused-ring (bicyclic) bond motifs is 1. The lowest BCUT2D eigenvalue weighted by Crippen LogP contribution is -2.49. The minimum absolute atomic E-state index is 0.358. The number of carbonyl (C=O) groups excluding carboxylic acids is 3. The Morgan fingerprint density at radius 1 is 1.17 bits per heavy atom. The Morgan fingerprint density at radius 3 is 2.52 bits per heavy atom. The number of amides is 3. The van der Waals surface area contributed by atoms with Crippen molar-refractivity contribution < 1.29 is 19.1 Å². The van der Waals surface area contributed by atoms with Gasteiger partial charge in [-0.25, -0.2) is 14.3 Å². The SMILES string of the molecule is Cc1nn(-c2ccccc2)c2sc(C(=O)OCC(=O)NC(=O)NC(C)(C)C)cc12. The molecule has 29 heavy (non-hydrogen) atoms. The zero-order valence-electron chi connectivity index (χ0n) is 16.6. The Kier molecular flexibility index (Phi) is 5.69. The molecule has 0 radical (unpaired) electrons. The number of imide groups is 1. The average Bonchev–Trinajstić information content (AvgIpc) is 3.19. The Morgan fingerprint density at radius 2 is 1.86 bits per heavy atom. The van der Waals surface area contributed by atoms with Crippen molar-refractivity contribution in [3.05, 3.63) is 47.0 Å². The molecule has 0 aliphatic heterocycles. The molecule has 0 bridgehead atoms. The number of urea groups is 1. The molecule has 1 aromatic carbocycles. The van der Waals surface area contributed by atoms with Crippen LogP contribution in [-0.4, -0.2) is 39.8 Å². The van der Waals surface area contributed by atoms with Crippen molar-refractivity contribution in [3.8, 4) is 5.69 Å². The number of nitrogens with one attached hydrogen (secondary N) is 2. The molecule has 152 valence electrons. The topological polar surface area (TPSA) is 102 Å². The summed E-state index contributed by atoms with van der Waals surface area (Å²) in [5.41, 5.74) is 1.19. The lowest BCUT2D eigenvalue weighted by atomic mass is 10.1. The molecule has 0 aliphatic rings. The van der Waals surface area contributed by atoms with Gasteiger partial charge >= 0.3 is 12.0 Å². The van der Waals surface area contributed by atoms with Gasteiger partial charge in [-0.2, -0.15) is 5.10 Å². The summed E-state index contributed by atoms with van der Waals surface area (Å²) in [5, 5.41) is 10.1. The number of para-hydroxylation sites is 1. The summed E-state index contributed by atoms with van der Waals surface area (Å²) in [6.45, 7) is 6.69. The number of aromatic nitrogens is 2. The third kappa shape index (κ3) is 5.00.